The van der Waals surface area contributed by atoms with Crippen LogP contribution < -0.4 is 4.74 Å². The largest absolute Gasteiger partial charge is 0.491 e. The van der Waals surface area contributed by atoms with Gasteiger partial charge in [0.15, 0.2) is 0 Å². The second-order valence-electron chi connectivity index (χ2n) is 6.15. The number of furan rings is 1. The lowest BCUT2D eigenvalue weighted by molar-refractivity contribution is -0.139. The minimum absolute atomic E-state index is 0.0131. The highest BCUT2D eigenvalue weighted by molar-refractivity contribution is 5.86. The molecule has 2 rings (SSSR count). The Bertz CT molecular complexity index is 822. The molecule has 0 aliphatic carbocycles. The van der Waals surface area contributed by atoms with E-state index >= 15 is 0 Å². The van der Waals surface area contributed by atoms with Gasteiger partial charge in [0.25, 0.3) is 0 Å². The topological polar surface area (TPSA) is 95.2 Å². The first kappa shape index (κ1) is 21.2. The zero-order valence-corrected chi connectivity index (χ0v) is 16.0. The molecule has 0 spiro atoms. The summed E-state index contributed by atoms with van der Waals surface area (Å²) in [6, 6.07) is 8.76. The summed E-state index contributed by atoms with van der Waals surface area (Å²) in [4.78, 5) is 23.0. The predicted octanol–water partition coefficient (Wildman–Crippen LogP) is 2.98. The van der Waals surface area contributed by atoms with Crippen molar-refractivity contribution < 1.29 is 33.3 Å². The molecule has 1 atom stereocenters. The van der Waals surface area contributed by atoms with Crippen LogP contribution in [-0.2, 0) is 27.3 Å². The lowest BCUT2D eigenvalue weighted by atomic mass is 10.1. The molecule has 150 valence electrons. The Labute approximate surface area is 163 Å². The Hall–Kier alpha value is -3.06. The van der Waals surface area contributed by atoms with Crippen molar-refractivity contribution in [1.29, 1.82) is 0 Å². The smallest absolute Gasteiger partial charge is 0.374 e. The third-order valence-electron chi connectivity index (χ3n) is 3.75. The van der Waals surface area contributed by atoms with Gasteiger partial charge in [-0.25, -0.2) is 9.59 Å². The maximum absolute atomic E-state index is 12.0. The number of carbonyl (C=O) groups excluding carboxylic acids is 2. The molecular formula is C21H24O7. The van der Waals surface area contributed by atoms with E-state index in [1.807, 2.05) is 19.1 Å². The van der Waals surface area contributed by atoms with Gasteiger partial charge < -0.3 is 23.7 Å². The van der Waals surface area contributed by atoms with Gasteiger partial charge in [0.05, 0.1) is 0 Å². The van der Waals surface area contributed by atoms with Crippen molar-refractivity contribution in [3.63, 3.8) is 0 Å². The molecule has 7 nitrogen and oxygen atoms in total. The Balaban J connectivity index is 1.77. The van der Waals surface area contributed by atoms with Crippen molar-refractivity contribution in [2.75, 3.05) is 13.2 Å². The maximum atomic E-state index is 12.0. The van der Waals surface area contributed by atoms with E-state index in [9.17, 15) is 14.7 Å². The highest BCUT2D eigenvalue weighted by Crippen LogP contribution is 2.17. The molecule has 0 amide bonds. The van der Waals surface area contributed by atoms with Crippen molar-refractivity contribution in [3.05, 3.63) is 65.6 Å². The van der Waals surface area contributed by atoms with Crippen LogP contribution in [0.5, 0.6) is 5.75 Å². The number of aliphatic hydroxyl groups is 1. The quantitative estimate of drug-likeness (QED) is 0.494. The van der Waals surface area contributed by atoms with Gasteiger partial charge in [-0.15, -0.1) is 0 Å². The van der Waals surface area contributed by atoms with E-state index < -0.39 is 18.0 Å². The van der Waals surface area contributed by atoms with Crippen LogP contribution in [-0.4, -0.2) is 36.4 Å². The summed E-state index contributed by atoms with van der Waals surface area (Å²) in [6.07, 6.45) is 0.926. The number of rotatable bonds is 10. The highest BCUT2D eigenvalue weighted by atomic mass is 16.6. The SMILES string of the molecule is C=CC(=O)OCc1ccc(C(=O)OCC(O)COc2cc(C)cc(CC)c2)o1. The van der Waals surface area contributed by atoms with Crippen molar-refractivity contribution in [2.45, 2.75) is 33.0 Å². The van der Waals surface area contributed by atoms with Crippen LogP contribution in [0.1, 0.15) is 34.4 Å². The summed E-state index contributed by atoms with van der Waals surface area (Å²) in [5.41, 5.74) is 2.21. The molecule has 0 saturated carbocycles. The van der Waals surface area contributed by atoms with E-state index in [-0.39, 0.29) is 31.3 Å². The van der Waals surface area contributed by atoms with Crippen LogP contribution in [0.3, 0.4) is 0 Å². The Morgan fingerprint density at radius 1 is 1.21 bits per heavy atom. The van der Waals surface area contributed by atoms with Gasteiger partial charge in [-0.3, -0.25) is 0 Å². The van der Waals surface area contributed by atoms with Gasteiger partial charge >= 0.3 is 11.9 Å². The molecule has 0 radical (unpaired) electrons. The number of aryl methyl sites for hydroxylation is 2. The molecular weight excluding hydrogens is 364 g/mol. The Morgan fingerprint density at radius 2 is 2.00 bits per heavy atom. The van der Waals surface area contributed by atoms with Crippen molar-refractivity contribution in [3.8, 4) is 5.75 Å². The molecule has 0 fully saturated rings. The van der Waals surface area contributed by atoms with E-state index in [1.165, 1.54) is 12.1 Å². The fourth-order valence-electron chi connectivity index (χ4n) is 2.36. The average molecular weight is 388 g/mol. The number of hydrogen-bond acceptors (Lipinski definition) is 7. The zero-order chi connectivity index (χ0) is 20.5. The third kappa shape index (κ3) is 6.59. The second-order valence-corrected chi connectivity index (χ2v) is 6.15. The minimum Gasteiger partial charge on any atom is -0.491 e. The summed E-state index contributed by atoms with van der Waals surface area (Å²) < 4.78 is 20.6. The first-order chi connectivity index (χ1) is 13.4. The highest BCUT2D eigenvalue weighted by Gasteiger charge is 2.16. The number of ether oxygens (including phenoxy) is 3. The summed E-state index contributed by atoms with van der Waals surface area (Å²) in [5, 5.41) is 9.98. The summed E-state index contributed by atoms with van der Waals surface area (Å²) >= 11 is 0. The van der Waals surface area contributed by atoms with Gasteiger partial charge in [0.2, 0.25) is 5.76 Å². The molecule has 0 aliphatic heterocycles. The molecule has 1 N–H and O–H groups in total. The first-order valence-corrected chi connectivity index (χ1v) is 8.87. The van der Waals surface area contributed by atoms with Crippen LogP contribution in [0, 0.1) is 6.92 Å². The standard InChI is InChI=1S/C21H24O7/c1-4-15-8-14(3)9-18(10-15)25-11-16(22)12-27-21(24)19-7-6-17(28-19)13-26-20(23)5-2/h5-10,16,22H,2,4,11-13H2,1,3H3. The van der Waals surface area contributed by atoms with Gasteiger partial charge in [0.1, 0.15) is 37.4 Å². The van der Waals surface area contributed by atoms with Crippen molar-refractivity contribution >= 4 is 11.9 Å². The van der Waals surface area contributed by atoms with E-state index in [1.54, 1.807) is 0 Å². The zero-order valence-electron chi connectivity index (χ0n) is 16.0. The number of carbonyl (C=O) groups is 2. The molecule has 2 aromatic rings. The summed E-state index contributed by atoms with van der Waals surface area (Å²) in [5.74, 6) is -0.430. The number of esters is 2. The molecule has 1 unspecified atom stereocenters. The normalized spacial score (nSPS) is 11.5. The molecule has 0 saturated heterocycles. The monoisotopic (exact) mass is 388 g/mol. The second kappa shape index (κ2) is 10.3. The molecule has 1 heterocycles. The van der Waals surface area contributed by atoms with Crippen molar-refractivity contribution in [1.82, 2.24) is 0 Å². The first-order valence-electron chi connectivity index (χ1n) is 8.87. The minimum atomic E-state index is -0.988. The molecule has 1 aromatic heterocycles. The van der Waals surface area contributed by atoms with Gasteiger partial charge in [-0.1, -0.05) is 19.6 Å². The fourth-order valence-corrected chi connectivity index (χ4v) is 2.36. The van der Waals surface area contributed by atoms with Crippen LogP contribution in [0.4, 0.5) is 0 Å². The third-order valence-corrected chi connectivity index (χ3v) is 3.75. The fraction of sp³-hybridized carbons (Fsp3) is 0.333. The number of hydrogen-bond donors (Lipinski definition) is 1. The lowest BCUT2D eigenvalue weighted by Crippen LogP contribution is -2.25. The predicted molar refractivity (Wildman–Crippen MR) is 101 cm³/mol. The van der Waals surface area contributed by atoms with E-state index in [0.29, 0.717) is 5.75 Å². The molecule has 0 bridgehead atoms. The summed E-state index contributed by atoms with van der Waals surface area (Å²) in [7, 11) is 0. The van der Waals surface area contributed by atoms with Gasteiger partial charge in [-0.05, 0) is 48.7 Å². The number of aliphatic hydroxyl groups excluding tert-OH is 1. The van der Waals surface area contributed by atoms with Gasteiger partial charge in [0, 0.05) is 6.08 Å². The van der Waals surface area contributed by atoms with Crippen LogP contribution >= 0.6 is 0 Å². The Morgan fingerprint density at radius 3 is 2.71 bits per heavy atom. The van der Waals surface area contributed by atoms with Crippen molar-refractivity contribution in [2.24, 2.45) is 0 Å². The van der Waals surface area contributed by atoms with Gasteiger partial charge in [-0.2, -0.15) is 0 Å². The summed E-state index contributed by atoms with van der Waals surface area (Å²) in [6.45, 7) is 6.93. The molecule has 28 heavy (non-hydrogen) atoms. The lowest BCUT2D eigenvalue weighted by Gasteiger charge is -2.13. The van der Waals surface area contributed by atoms with Crippen LogP contribution in [0.2, 0.25) is 0 Å². The van der Waals surface area contributed by atoms with Crippen LogP contribution in [0.25, 0.3) is 0 Å². The van der Waals surface area contributed by atoms with E-state index in [4.69, 9.17) is 18.6 Å². The number of benzene rings is 1. The van der Waals surface area contributed by atoms with Crippen LogP contribution in [0.15, 0.2) is 47.4 Å². The molecule has 7 heteroatoms. The average Bonchev–Trinajstić information content (AvgIpc) is 3.17. The maximum Gasteiger partial charge on any atom is 0.374 e. The molecule has 1 aromatic carbocycles. The van der Waals surface area contributed by atoms with E-state index in [0.717, 1.165) is 23.6 Å². The van der Waals surface area contributed by atoms with E-state index in [2.05, 4.69) is 19.6 Å². The Kier molecular flexibility index (Phi) is 7.83. The molecule has 0 aliphatic rings.